The molecule has 0 radical (unpaired) electrons. The predicted octanol–water partition coefficient (Wildman–Crippen LogP) is 1.20. The Morgan fingerprint density at radius 1 is 1.44 bits per heavy atom. The summed E-state index contributed by atoms with van der Waals surface area (Å²) in [7, 11) is 1.82. The van der Waals surface area contributed by atoms with E-state index >= 15 is 0 Å². The summed E-state index contributed by atoms with van der Waals surface area (Å²) in [6, 6.07) is -0.0369. The van der Waals surface area contributed by atoms with Crippen LogP contribution >= 0.6 is 0 Å². The van der Waals surface area contributed by atoms with E-state index in [4.69, 9.17) is 0 Å². The van der Waals surface area contributed by atoms with Gasteiger partial charge in [0.25, 0.3) is 0 Å². The first-order valence-electron chi connectivity index (χ1n) is 6.04. The van der Waals surface area contributed by atoms with Crippen molar-refractivity contribution in [2.24, 2.45) is 5.92 Å². The molecule has 3 N–H and O–H groups in total. The van der Waals surface area contributed by atoms with Crippen molar-refractivity contribution in [3.8, 4) is 0 Å². The van der Waals surface area contributed by atoms with Gasteiger partial charge in [-0.2, -0.15) is 0 Å². The molecule has 0 amide bonds. The molecular formula is C12H19N5O. The normalized spacial score (nSPS) is 12.9. The molecule has 2 rings (SSSR count). The van der Waals surface area contributed by atoms with Gasteiger partial charge in [0.05, 0.1) is 18.8 Å². The van der Waals surface area contributed by atoms with Gasteiger partial charge in [-0.3, -0.25) is 0 Å². The minimum atomic E-state index is -0.0369. The number of rotatable bonds is 5. The van der Waals surface area contributed by atoms with Gasteiger partial charge in [-0.1, -0.05) is 13.8 Å². The Morgan fingerprint density at radius 2 is 2.22 bits per heavy atom. The predicted molar refractivity (Wildman–Crippen MR) is 71.9 cm³/mol. The average Bonchev–Trinajstić information content (AvgIpc) is 2.83. The second-order valence-corrected chi connectivity index (χ2v) is 4.56. The van der Waals surface area contributed by atoms with Crippen LogP contribution in [0.15, 0.2) is 18.6 Å². The zero-order valence-corrected chi connectivity index (χ0v) is 10.9. The van der Waals surface area contributed by atoms with E-state index in [0.717, 1.165) is 11.5 Å². The SMILES string of the molecule is CNc1cn2ccnc2c(N[C@H](CO)C(C)C)n1. The van der Waals surface area contributed by atoms with Gasteiger partial charge in [-0.05, 0) is 5.92 Å². The summed E-state index contributed by atoms with van der Waals surface area (Å²) in [5, 5.41) is 15.6. The highest BCUT2D eigenvalue weighted by Gasteiger charge is 2.15. The quantitative estimate of drug-likeness (QED) is 0.742. The lowest BCUT2D eigenvalue weighted by atomic mass is 10.1. The fourth-order valence-corrected chi connectivity index (χ4v) is 1.75. The van der Waals surface area contributed by atoms with Crippen LogP contribution < -0.4 is 10.6 Å². The van der Waals surface area contributed by atoms with Crippen molar-refractivity contribution < 1.29 is 5.11 Å². The number of nitrogens with zero attached hydrogens (tertiary/aromatic N) is 3. The van der Waals surface area contributed by atoms with E-state index in [1.807, 2.05) is 23.8 Å². The van der Waals surface area contributed by atoms with Crippen molar-refractivity contribution in [1.82, 2.24) is 14.4 Å². The van der Waals surface area contributed by atoms with Crippen LogP contribution in [0.1, 0.15) is 13.8 Å². The van der Waals surface area contributed by atoms with Gasteiger partial charge in [0.1, 0.15) is 5.82 Å². The van der Waals surface area contributed by atoms with Gasteiger partial charge in [0.2, 0.25) is 0 Å². The van der Waals surface area contributed by atoms with Crippen molar-refractivity contribution in [3.63, 3.8) is 0 Å². The Kier molecular flexibility index (Phi) is 3.66. The summed E-state index contributed by atoms with van der Waals surface area (Å²) in [4.78, 5) is 8.71. The lowest BCUT2D eigenvalue weighted by Gasteiger charge is -2.21. The van der Waals surface area contributed by atoms with E-state index in [9.17, 15) is 5.11 Å². The standard InChI is InChI=1S/C12H19N5O/c1-8(2)9(7-18)15-11-12-14-4-5-17(12)6-10(13-3)16-11/h4-6,8-9,13,18H,7H2,1-3H3,(H,15,16)/t9-/m1/s1. The molecule has 18 heavy (non-hydrogen) atoms. The van der Waals surface area contributed by atoms with Gasteiger partial charge in [0, 0.05) is 19.4 Å². The molecule has 2 heterocycles. The Balaban J connectivity index is 2.39. The van der Waals surface area contributed by atoms with Gasteiger partial charge < -0.3 is 20.1 Å². The van der Waals surface area contributed by atoms with E-state index in [-0.39, 0.29) is 12.6 Å². The first-order valence-corrected chi connectivity index (χ1v) is 6.04. The van der Waals surface area contributed by atoms with E-state index < -0.39 is 0 Å². The molecule has 1 atom stereocenters. The molecule has 6 heteroatoms. The summed E-state index contributed by atoms with van der Waals surface area (Å²) in [6.45, 7) is 4.17. The molecule has 0 aliphatic heterocycles. The molecule has 2 aromatic rings. The van der Waals surface area contributed by atoms with E-state index in [1.165, 1.54) is 0 Å². The van der Waals surface area contributed by atoms with Gasteiger partial charge in [-0.15, -0.1) is 0 Å². The number of aromatic nitrogens is 3. The van der Waals surface area contributed by atoms with E-state index in [0.29, 0.717) is 11.7 Å². The van der Waals surface area contributed by atoms with Crippen molar-refractivity contribution in [1.29, 1.82) is 0 Å². The third-order valence-corrected chi connectivity index (χ3v) is 2.95. The molecule has 0 aromatic carbocycles. The Morgan fingerprint density at radius 3 is 2.83 bits per heavy atom. The molecule has 0 aliphatic rings. The van der Waals surface area contributed by atoms with Crippen molar-refractivity contribution in [3.05, 3.63) is 18.6 Å². The first kappa shape index (κ1) is 12.6. The molecule has 0 bridgehead atoms. The number of aliphatic hydroxyl groups is 1. The van der Waals surface area contributed by atoms with Crippen molar-refractivity contribution in [2.75, 3.05) is 24.3 Å². The second kappa shape index (κ2) is 5.22. The molecule has 98 valence electrons. The third-order valence-electron chi connectivity index (χ3n) is 2.95. The van der Waals surface area contributed by atoms with Gasteiger partial charge >= 0.3 is 0 Å². The van der Waals surface area contributed by atoms with Crippen LogP contribution in [0.5, 0.6) is 0 Å². The zero-order valence-electron chi connectivity index (χ0n) is 10.9. The average molecular weight is 249 g/mol. The smallest absolute Gasteiger partial charge is 0.180 e. The summed E-state index contributed by atoms with van der Waals surface area (Å²) < 4.78 is 1.90. The number of hydrogen-bond donors (Lipinski definition) is 3. The van der Waals surface area contributed by atoms with Crippen LogP contribution in [-0.2, 0) is 0 Å². The number of fused-ring (bicyclic) bond motifs is 1. The Bertz CT molecular complexity index is 522. The lowest BCUT2D eigenvalue weighted by molar-refractivity contribution is 0.249. The second-order valence-electron chi connectivity index (χ2n) is 4.56. The number of nitrogens with one attached hydrogen (secondary N) is 2. The largest absolute Gasteiger partial charge is 0.394 e. The maximum absolute atomic E-state index is 9.37. The summed E-state index contributed by atoms with van der Waals surface area (Å²) >= 11 is 0. The van der Waals surface area contributed by atoms with Crippen LogP contribution in [0.3, 0.4) is 0 Å². The lowest BCUT2D eigenvalue weighted by Crippen LogP contribution is -2.30. The van der Waals surface area contributed by atoms with Gasteiger partial charge in [0.15, 0.2) is 11.5 Å². The van der Waals surface area contributed by atoms with Crippen LogP contribution in [0.25, 0.3) is 5.65 Å². The van der Waals surface area contributed by atoms with E-state index in [2.05, 4.69) is 34.4 Å². The highest BCUT2D eigenvalue weighted by Crippen LogP contribution is 2.18. The first-order chi connectivity index (χ1) is 8.65. The molecule has 0 unspecified atom stereocenters. The van der Waals surface area contributed by atoms with Crippen LogP contribution in [-0.4, -0.2) is 39.2 Å². The monoisotopic (exact) mass is 249 g/mol. The molecule has 0 saturated carbocycles. The molecule has 6 nitrogen and oxygen atoms in total. The van der Waals surface area contributed by atoms with Gasteiger partial charge in [-0.25, -0.2) is 9.97 Å². The topological polar surface area (TPSA) is 74.5 Å². The zero-order chi connectivity index (χ0) is 13.1. The number of aliphatic hydroxyl groups excluding tert-OH is 1. The Hall–Kier alpha value is -1.82. The molecule has 2 aromatic heterocycles. The fourth-order valence-electron chi connectivity index (χ4n) is 1.75. The minimum Gasteiger partial charge on any atom is -0.394 e. The maximum atomic E-state index is 9.37. The maximum Gasteiger partial charge on any atom is 0.180 e. The summed E-state index contributed by atoms with van der Waals surface area (Å²) in [5.74, 6) is 1.74. The molecule has 0 aliphatic carbocycles. The summed E-state index contributed by atoms with van der Waals surface area (Å²) in [6.07, 6.45) is 5.47. The van der Waals surface area contributed by atoms with Crippen molar-refractivity contribution >= 4 is 17.3 Å². The molecular weight excluding hydrogens is 230 g/mol. The number of anilines is 2. The summed E-state index contributed by atoms with van der Waals surface area (Å²) in [5.41, 5.74) is 0.758. The Labute approximate surface area is 106 Å². The highest BCUT2D eigenvalue weighted by molar-refractivity contribution is 5.65. The minimum absolute atomic E-state index is 0.0369. The van der Waals surface area contributed by atoms with Crippen LogP contribution in [0.2, 0.25) is 0 Å². The van der Waals surface area contributed by atoms with Crippen LogP contribution in [0, 0.1) is 5.92 Å². The third kappa shape index (κ3) is 2.38. The van der Waals surface area contributed by atoms with Crippen molar-refractivity contribution in [2.45, 2.75) is 19.9 Å². The number of hydrogen-bond acceptors (Lipinski definition) is 5. The molecule has 0 fully saturated rings. The van der Waals surface area contributed by atoms with Crippen LogP contribution in [0.4, 0.5) is 11.6 Å². The highest BCUT2D eigenvalue weighted by atomic mass is 16.3. The molecule has 0 spiro atoms. The fraction of sp³-hybridized carbons (Fsp3) is 0.500. The number of imidazole rings is 1. The van der Waals surface area contributed by atoms with E-state index in [1.54, 1.807) is 6.20 Å². The molecule has 0 saturated heterocycles.